The van der Waals surface area contributed by atoms with Gasteiger partial charge >= 0.3 is 6.09 Å². The molecule has 2 heterocycles. The average molecular weight is 451 g/mol. The van der Waals surface area contributed by atoms with Crippen LogP contribution < -0.4 is 4.74 Å². The summed E-state index contributed by atoms with van der Waals surface area (Å²) in [5.74, 6) is 0.336. The van der Waals surface area contributed by atoms with Gasteiger partial charge in [0.15, 0.2) is 0 Å². The van der Waals surface area contributed by atoms with Gasteiger partial charge < -0.3 is 9.47 Å². The van der Waals surface area contributed by atoms with Gasteiger partial charge in [0, 0.05) is 29.7 Å². The van der Waals surface area contributed by atoms with E-state index in [9.17, 15) is 13.2 Å². The molecule has 1 unspecified atom stereocenters. The minimum atomic E-state index is -3.70. The molecule has 0 N–H and O–H groups in total. The number of methoxy groups -OCH3 is 1. The second-order valence-electron chi connectivity index (χ2n) is 7.53. The van der Waals surface area contributed by atoms with Crippen molar-refractivity contribution in [1.82, 2.24) is 9.21 Å². The Kier molecular flexibility index (Phi) is 5.65. The first-order chi connectivity index (χ1) is 14.3. The lowest BCUT2D eigenvalue weighted by Crippen LogP contribution is -2.54. The minimum absolute atomic E-state index is 0.132. The Morgan fingerprint density at radius 3 is 2.67 bits per heavy atom. The molecule has 0 radical (unpaired) electrons. The SMILES string of the molecule is COc1cc(C)ccc1S(=O)(=O)N1CCC(N2C(=O)OC=C3C=C(Cl)C=CC32)CC1. The summed E-state index contributed by atoms with van der Waals surface area (Å²) in [6, 6.07) is 4.67. The van der Waals surface area contributed by atoms with Gasteiger partial charge in [-0.2, -0.15) is 4.31 Å². The highest BCUT2D eigenvalue weighted by Gasteiger charge is 2.40. The lowest BCUT2D eigenvalue weighted by Gasteiger charge is -2.42. The summed E-state index contributed by atoms with van der Waals surface area (Å²) >= 11 is 6.06. The predicted octanol–water partition coefficient (Wildman–Crippen LogP) is 3.55. The van der Waals surface area contributed by atoms with E-state index >= 15 is 0 Å². The standard InChI is InChI=1S/C21H23ClN2O5S/c1-14-3-6-20(19(11-14)28-2)30(26,27)23-9-7-17(8-10-23)24-18-5-4-16(22)12-15(18)13-29-21(24)25/h3-6,11-13,17-18H,7-10H2,1-2H3. The molecule has 2 aliphatic heterocycles. The van der Waals surface area contributed by atoms with Crippen LogP contribution in [0, 0.1) is 6.92 Å². The third-order valence-electron chi connectivity index (χ3n) is 5.64. The molecule has 0 saturated carbocycles. The third kappa shape index (κ3) is 3.75. The molecule has 0 aromatic heterocycles. The van der Waals surface area contributed by atoms with Gasteiger partial charge in [-0.1, -0.05) is 23.7 Å². The molecule has 1 aromatic rings. The van der Waals surface area contributed by atoms with Gasteiger partial charge in [-0.3, -0.25) is 4.90 Å². The summed E-state index contributed by atoms with van der Waals surface area (Å²) in [5.41, 5.74) is 1.73. The molecule has 1 fully saturated rings. The zero-order valence-electron chi connectivity index (χ0n) is 16.7. The highest BCUT2D eigenvalue weighted by molar-refractivity contribution is 7.89. The van der Waals surface area contributed by atoms with Crippen molar-refractivity contribution in [3.05, 3.63) is 58.9 Å². The summed E-state index contributed by atoms with van der Waals surface area (Å²) in [5, 5.41) is 0.573. The lowest BCUT2D eigenvalue weighted by molar-refractivity contribution is 0.0808. The quantitative estimate of drug-likeness (QED) is 0.701. The van der Waals surface area contributed by atoms with Crippen LogP contribution in [-0.2, 0) is 14.8 Å². The minimum Gasteiger partial charge on any atom is -0.495 e. The second-order valence-corrected chi connectivity index (χ2v) is 9.87. The average Bonchev–Trinajstić information content (AvgIpc) is 2.73. The van der Waals surface area contributed by atoms with Crippen molar-refractivity contribution >= 4 is 27.7 Å². The molecule has 3 aliphatic rings. The normalized spacial score (nSPS) is 22.8. The number of allylic oxidation sites excluding steroid dienone is 2. The molecule has 1 amide bonds. The van der Waals surface area contributed by atoms with Crippen molar-refractivity contribution in [2.24, 2.45) is 0 Å². The highest BCUT2D eigenvalue weighted by atomic mass is 35.5. The molecule has 1 aromatic carbocycles. The number of fused-ring (bicyclic) bond motifs is 1. The van der Waals surface area contributed by atoms with E-state index in [-0.39, 0.29) is 17.0 Å². The number of amides is 1. The van der Waals surface area contributed by atoms with Crippen LogP contribution in [0.2, 0.25) is 0 Å². The van der Waals surface area contributed by atoms with E-state index in [1.54, 1.807) is 35.3 Å². The molecule has 160 valence electrons. The molecule has 7 nitrogen and oxygen atoms in total. The van der Waals surface area contributed by atoms with Gasteiger partial charge in [0.25, 0.3) is 0 Å². The maximum atomic E-state index is 13.2. The Hall–Kier alpha value is -2.29. The number of cyclic esters (lactones) is 1. The fourth-order valence-corrected chi connectivity index (χ4v) is 5.91. The van der Waals surface area contributed by atoms with Gasteiger partial charge in [-0.05, 0) is 49.6 Å². The first-order valence-corrected chi connectivity index (χ1v) is 11.5. The van der Waals surface area contributed by atoms with Gasteiger partial charge in [-0.25, -0.2) is 13.2 Å². The largest absolute Gasteiger partial charge is 0.495 e. The van der Waals surface area contributed by atoms with Crippen molar-refractivity contribution in [2.75, 3.05) is 20.2 Å². The topological polar surface area (TPSA) is 76.2 Å². The summed E-state index contributed by atoms with van der Waals surface area (Å²) in [7, 11) is -2.23. The van der Waals surface area contributed by atoms with Crippen molar-refractivity contribution in [1.29, 1.82) is 0 Å². The smallest absolute Gasteiger partial charge is 0.415 e. The van der Waals surface area contributed by atoms with Crippen molar-refractivity contribution in [2.45, 2.75) is 36.7 Å². The maximum Gasteiger partial charge on any atom is 0.415 e. The van der Waals surface area contributed by atoms with Crippen LogP contribution in [-0.4, -0.2) is 56.0 Å². The van der Waals surface area contributed by atoms with E-state index < -0.39 is 16.1 Å². The number of benzene rings is 1. The zero-order chi connectivity index (χ0) is 21.5. The number of rotatable bonds is 4. The number of nitrogens with zero attached hydrogens (tertiary/aromatic N) is 2. The fraction of sp³-hybridized carbons (Fsp3) is 0.381. The molecule has 0 spiro atoms. The first-order valence-electron chi connectivity index (χ1n) is 9.70. The van der Waals surface area contributed by atoms with Crippen LogP contribution in [0.4, 0.5) is 4.79 Å². The van der Waals surface area contributed by atoms with Crippen LogP contribution in [0.15, 0.2) is 58.2 Å². The number of hydrogen-bond donors (Lipinski definition) is 0. The molecule has 1 aliphatic carbocycles. The van der Waals surface area contributed by atoms with Crippen molar-refractivity contribution < 1.29 is 22.7 Å². The number of sulfonamides is 1. The number of ether oxygens (including phenoxy) is 2. The van der Waals surface area contributed by atoms with E-state index in [4.69, 9.17) is 21.1 Å². The van der Waals surface area contributed by atoms with Crippen LogP contribution in [0.5, 0.6) is 5.75 Å². The molecule has 1 saturated heterocycles. The fourth-order valence-electron chi connectivity index (χ4n) is 4.10. The Balaban J connectivity index is 1.51. The van der Waals surface area contributed by atoms with E-state index in [0.717, 1.165) is 11.1 Å². The highest BCUT2D eigenvalue weighted by Crippen LogP contribution is 2.34. The number of carbonyl (C=O) groups is 1. The zero-order valence-corrected chi connectivity index (χ0v) is 18.3. The number of hydrogen-bond acceptors (Lipinski definition) is 5. The van der Waals surface area contributed by atoms with Gasteiger partial charge in [0.05, 0.1) is 13.2 Å². The van der Waals surface area contributed by atoms with E-state index in [0.29, 0.717) is 36.7 Å². The van der Waals surface area contributed by atoms with Crippen LogP contribution in [0.25, 0.3) is 0 Å². The summed E-state index contributed by atoms with van der Waals surface area (Å²) in [4.78, 5) is 14.3. The van der Waals surface area contributed by atoms with Crippen LogP contribution in [0.3, 0.4) is 0 Å². The Bertz CT molecular complexity index is 1060. The molecule has 0 bridgehead atoms. The summed E-state index contributed by atoms with van der Waals surface area (Å²) in [6.45, 7) is 2.49. The Morgan fingerprint density at radius 2 is 1.97 bits per heavy atom. The second kappa shape index (κ2) is 8.09. The van der Waals surface area contributed by atoms with Gasteiger partial charge in [0.2, 0.25) is 10.0 Å². The van der Waals surface area contributed by atoms with E-state index in [1.165, 1.54) is 17.7 Å². The predicted molar refractivity (Wildman–Crippen MR) is 113 cm³/mol. The van der Waals surface area contributed by atoms with E-state index in [2.05, 4.69) is 0 Å². The van der Waals surface area contributed by atoms with Crippen LogP contribution >= 0.6 is 11.6 Å². The lowest BCUT2D eigenvalue weighted by atomic mass is 9.96. The monoisotopic (exact) mass is 450 g/mol. The van der Waals surface area contributed by atoms with Crippen molar-refractivity contribution in [3.63, 3.8) is 0 Å². The number of aryl methyl sites for hydroxylation is 1. The molecule has 4 rings (SSSR count). The first kappa shape index (κ1) is 21.0. The van der Waals surface area contributed by atoms with E-state index in [1.807, 2.05) is 13.0 Å². The van der Waals surface area contributed by atoms with Gasteiger partial charge in [0.1, 0.15) is 16.9 Å². The molecular weight excluding hydrogens is 428 g/mol. The van der Waals surface area contributed by atoms with Crippen molar-refractivity contribution in [3.8, 4) is 5.75 Å². The number of halogens is 1. The van der Waals surface area contributed by atoms with Crippen LogP contribution in [0.1, 0.15) is 18.4 Å². The third-order valence-corrected chi connectivity index (χ3v) is 7.82. The summed E-state index contributed by atoms with van der Waals surface area (Å²) in [6.07, 6.45) is 7.43. The molecular formula is C21H23ClN2O5S. The Morgan fingerprint density at radius 1 is 1.23 bits per heavy atom. The Labute approximate surface area is 181 Å². The summed E-state index contributed by atoms with van der Waals surface area (Å²) < 4.78 is 38.3. The molecule has 30 heavy (non-hydrogen) atoms. The number of piperidine rings is 1. The number of carbonyl (C=O) groups excluding carboxylic acids is 1. The maximum absolute atomic E-state index is 13.2. The molecule has 9 heteroatoms. The van der Waals surface area contributed by atoms with Gasteiger partial charge in [-0.15, -0.1) is 0 Å². The molecule has 1 atom stereocenters.